The average Bonchev–Trinajstić information content (AvgIpc) is 3.01. The Balaban J connectivity index is 0.00000208. The van der Waals surface area contributed by atoms with Crippen LogP contribution in [0.2, 0.25) is 0 Å². The second-order valence-electron chi connectivity index (χ2n) is 6.56. The van der Waals surface area contributed by atoms with Crippen molar-refractivity contribution in [3.8, 4) is 0 Å². The van der Waals surface area contributed by atoms with E-state index in [9.17, 15) is 9.50 Å². The maximum absolute atomic E-state index is 13.0. The van der Waals surface area contributed by atoms with Gasteiger partial charge in [-0.2, -0.15) is 0 Å². The monoisotopic (exact) mass is 448 g/mol. The van der Waals surface area contributed by atoms with E-state index in [0.717, 1.165) is 57.5 Å². The van der Waals surface area contributed by atoms with Crippen LogP contribution in [-0.2, 0) is 0 Å². The smallest absolute Gasteiger partial charge is 0.191 e. The first-order valence-electron chi connectivity index (χ1n) is 8.34. The van der Waals surface area contributed by atoms with Crippen LogP contribution in [0.3, 0.4) is 0 Å². The molecule has 1 heterocycles. The second-order valence-corrected chi connectivity index (χ2v) is 6.56. The molecule has 24 heavy (non-hydrogen) atoms. The number of aliphatic hydroxyl groups is 1. The van der Waals surface area contributed by atoms with Gasteiger partial charge in [0.05, 0.1) is 12.1 Å². The number of guanidine groups is 1. The number of nitrogens with two attached hydrogens (primary N) is 1. The predicted molar refractivity (Wildman–Crippen MR) is 106 cm³/mol. The maximum Gasteiger partial charge on any atom is 0.191 e. The molecule has 1 aliphatic heterocycles. The Labute approximate surface area is 159 Å². The second kappa shape index (κ2) is 8.33. The summed E-state index contributed by atoms with van der Waals surface area (Å²) in [5.41, 5.74) is 6.46. The van der Waals surface area contributed by atoms with Crippen LogP contribution in [0.25, 0.3) is 0 Å². The summed E-state index contributed by atoms with van der Waals surface area (Å²) in [5.74, 6) is 0.303. The van der Waals surface area contributed by atoms with E-state index in [1.165, 1.54) is 12.1 Å². The number of halogens is 2. The largest absolute Gasteiger partial charge is 0.388 e. The number of nitrogens with zero attached hydrogens (tertiary/aromatic N) is 3. The highest BCUT2D eigenvalue weighted by Gasteiger charge is 2.31. The summed E-state index contributed by atoms with van der Waals surface area (Å²) in [4.78, 5) is 8.68. The lowest BCUT2D eigenvalue weighted by atomic mass is 10.0. The Kier molecular flexibility index (Phi) is 6.68. The Bertz CT molecular complexity index is 552. The van der Waals surface area contributed by atoms with Crippen molar-refractivity contribution in [3.63, 3.8) is 0 Å². The van der Waals surface area contributed by atoms with Crippen LogP contribution in [-0.4, -0.2) is 54.3 Å². The van der Waals surface area contributed by atoms with Gasteiger partial charge in [0.1, 0.15) is 5.82 Å². The van der Waals surface area contributed by atoms with Gasteiger partial charge in [0.15, 0.2) is 5.96 Å². The molecular weight excluding hydrogens is 422 g/mol. The highest BCUT2D eigenvalue weighted by atomic mass is 127. The summed E-state index contributed by atoms with van der Waals surface area (Å²) in [6.07, 6.45) is 3.79. The van der Waals surface area contributed by atoms with Crippen LogP contribution in [0.15, 0.2) is 29.3 Å². The summed E-state index contributed by atoms with van der Waals surface area (Å²) in [5, 5.41) is 10.3. The van der Waals surface area contributed by atoms with Crippen molar-refractivity contribution in [1.82, 2.24) is 4.90 Å². The first-order chi connectivity index (χ1) is 11.1. The number of hydrogen-bond donors (Lipinski definition) is 2. The van der Waals surface area contributed by atoms with Crippen LogP contribution in [0.5, 0.6) is 0 Å². The molecule has 5 nitrogen and oxygen atoms in total. The molecule has 3 rings (SSSR count). The van der Waals surface area contributed by atoms with E-state index in [1.54, 1.807) is 12.1 Å². The van der Waals surface area contributed by atoms with Gasteiger partial charge in [0.2, 0.25) is 0 Å². The number of anilines is 1. The third-order valence-corrected chi connectivity index (χ3v) is 4.87. The molecule has 0 atom stereocenters. The first-order valence-corrected chi connectivity index (χ1v) is 8.34. The van der Waals surface area contributed by atoms with Crippen LogP contribution in [0.4, 0.5) is 10.1 Å². The van der Waals surface area contributed by atoms with E-state index >= 15 is 0 Å². The molecule has 1 aromatic rings. The molecule has 3 N–H and O–H groups in total. The van der Waals surface area contributed by atoms with Crippen molar-refractivity contribution in [2.24, 2.45) is 10.7 Å². The Morgan fingerprint density at radius 3 is 2.29 bits per heavy atom. The van der Waals surface area contributed by atoms with Gasteiger partial charge >= 0.3 is 0 Å². The predicted octanol–water partition coefficient (Wildman–Crippen LogP) is 2.19. The molecule has 0 radical (unpaired) electrons. The molecule has 134 valence electrons. The van der Waals surface area contributed by atoms with Gasteiger partial charge in [0.25, 0.3) is 0 Å². The minimum Gasteiger partial charge on any atom is -0.388 e. The van der Waals surface area contributed by atoms with E-state index in [1.807, 2.05) is 0 Å². The van der Waals surface area contributed by atoms with Crippen molar-refractivity contribution >= 4 is 35.6 Å². The lowest BCUT2D eigenvalue weighted by molar-refractivity contribution is 0.0572. The van der Waals surface area contributed by atoms with Crippen molar-refractivity contribution in [2.75, 3.05) is 37.6 Å². The van der Waals surface area contributed by atoms with Gasteiger partial charge in [-0.15, -0.1) is 24.0 Å². The lowest BCUT2D eigenvalue weighted by Crippen LogP contribution is -2.51. The van der Waals surface area contributed by atoms with Gasteiger partial charge in [-0.1, -0.05) is 12.8 Å². The van der Waals surface area contributed by atoms with E-state index in [0.29, 0.717) is 12.5 Å². The molecule has 7 heteroatoms. The molecule has 1 aliphatic carbocycles. The third kappa shape index (κ3) is 4.72. The average molecular weight is 448 g/mol. The standard InChI is InChI=1S/C17H25FN4O.HI/c18-14-3-5-15(6-4-14)21-9-11-22(12-10-21)16(19)20-13-17(23)7-1-2-8-17;/h3-6,23H,1-2,7-13H2,(H2,19,20);1H. The lowest BCUT2D eigenvalue weighted by Gasteiger charge is -2.36. The number of benzene rings is 1. The Morgan fingerprint density at radius 2 is 1.71 bits per heavy atom. The highest BCUT2D eigenvalue weighted by Crippen LogP contribution is 2.29. The molecule has 1 saturated heterocycles. The van der Waals surface area contributed by atoms with Gasteiger partial charge in [-0.25, -0.2) is 4.39 Å². The van der Waals surface area contributed by atoms with E-state index in [-0.39, 0.29) is 29.8 Å². The van der Waals surface area contributed by atoms with E-state index < -0.39 is 5.60 Å². The molecular formula is C17H26FIN4O. The van der Waals surface area contributed by atoms with E-state index in [2.05, 4.69) is 14.8 Å². The van der Waals surface area contributed by atoms with Crippen LogP contribution < -0.4 is 10.6 Å². The molecule has 0 bridgehead atoms. The summed E-state index contributed by atoms with van der Waals surface area (Å²) < 4.78 is 13.0. The zero-order valence-electron chi connectivity index (χ0n) is 13.8. The fraction of sp³-hybridized carbons (Fsp3) is 0.588. The van der Waals surface area contributed by atoms with Crippen LogP contribution >= 0.6 is 24.0 Å². The van der Waals surface area contributed by atoms with Crippen molar-refractivity contribution < 1.29 is 9.50 Å². The number of aliphatic imine (C=N–C) groups is 1. The van der Waals surface area contributed by atoms with Gasteiger partial charge < -0.3 is 20.6 Å². The fourth-order valence-corrected chi connectivity index (χ4v) is 3.37. The summed E-state index contributed by atoms with van der Waals surface area (Å²) in [6, 6.07) is 6.58. The highest BCUT2D eigenvalue weighted by molar-refractivity contribution is 14.0. The molecule has 0 spiro atoms. The molecule has 0 amide bonds. The van der Waals surface area contributed by atoms with Gasteiger partial charge in [-0.3, -0.25) is 4.99 Å². The molecule has 1 saturated carbocycles. The normalized spacial score (nSPS) is 20.8. The zero-order chi connectivity index (χ0) is 16.3. The Morgan fingerprint density at radius 1 is 1.12 bits per heavy atom. The van der Waals surface area contributed by atoms with Gasteiger partial charge in [0, 0.05) is 31.9 Å². The van der Waals surface area contributed by atoms with Crippen molar-refractivity contribution in [3.05, 3.63) is 30.1 Å². The minimum absolute atomic E-state index is 0. The number of rotatable bonds is 3. The minimum atomic E-state index is -0.652. The van der Waals surface area contributed by atoms with E-state index in [4.69, 9.17) is 5.73 Å². The van der Waals surface area contributed by atoms with Crippen LogP contribution in [0, 0.1) is 5.82 Å². The summed E-state index contributed by atoms with van der Waals surface area (Å²) in [7, 11) is 0. The summed E-state index contributed by atoms with van der Waals surface area (Å²) >= 11 is 0. The molecule has 0 unspecified atom stereocenters. The van der Waals surface area contributed by atoms with Crippen molar-refractivity contribution in [1.29, 1.82) is 0 Å². The third-order valence-electron chi connectivity index (χ3n) is 4.87. The first kappa shape index (κ1) is 19.2. The molecule has 0 aromatic heterocycles. The SMILES string of the molecule is I.NC(=NCC1(O)CCCC1)N1CCN(c2ccc(F)cc2)CC1. The number of piperazine rings is 1. The zero-order valence-corrected chi connectivity index (χ0v) is 16.2. The Hall–Kier alpha value is -1.09. The molecule has 2 aliphatic rings. The maximum atomic E-state index is 13.0. The summed E-state index contributed by atoms with van der Waals surface area (Å²) in [6.45, 7) is 3.62. The topological polar surface area (TPSA) is 65.1 Å². The molecule has 2 fully saturated rings. The van der Waals surface area contributed by atoms with Crippen molar-refractivity contribution in [2.45, 2.75) is 31.3 Å². The van der Waals surface area contributed by atoms with Crippen LogP contribution in [0.1, 0.15) is 25.7 Å². The van der Waals surface area contributed by atoms with Gasteiger partial charge in [-0.05, 0) is 37.1 Å². The quantitative estimate of drug-likeness (QED) is 0.423. The fourth-order valence-electron chi connectivity index (χ4n) is 3.37. The molecule has 1 aromatic carbocycles. The number of hydrogen-bond acceptors (Lipinski definition) is 3.